The molecule has 4 rings (SSSR count). The second-order valence-corrected chi connectivity index (χ2v) is 9.16. The number of hydrogen-bond acceptors (Lipinski definition) is 3. The van der Waals surface area contributed by atoms with Crippen molar-refractivity contribution in [3.05, 3.63) is 89.7 Å². The van der Waals surface area contributed by atoms with Crippen molar-refractivity contribution in [2.45, 2.75) is 52.7 Å². The van der Waals surface area contributed by atoms with Crippen LogP contribution in [0.25, 0.3) is 11.0 Å². The molecule has 0 aliphatic heterocycles. The number of aromatic nitrogens is 2. The van der Waals surface area contributed by atoms with Crippen molar-refractivity contribution in [3.8, 4) is 11.5 Å². The number of para-hydroxylation sites is 2. The van der Waals surface area contributed by atoms with Gasteiger partial charge in [0.15, 0.2) is 0 Å². The summed E-state index contributed by atoms with van der Waals surface area (Å²) in [5, 5.41) is 0. The van der Waals surface area contributed by atoms with Gasteiger partial charge in [-0.05, 0) is 59.4 Å². The smallest absolute Gasteiger partial charge is 0.148 e. The van der Waals surface area contributed by atoms with Crippen molar-refractivity contribution in [1.82, 2.24) is 9.55 Å². The van der Waals surface area contributed by atoms with E-state index >= 15 is 0 Å². The lowest BCUT2D eigenvalue weighted by Crippen LogP contribution is -2.11. The number of imidazole rings is 1. The number of rotatable bonds is 8. The lowest BCUT2D eigenvalue weighted by atomic mass is 9.87. The minimum Gasteiger partial charge on any atom is -0.494 e. The molecule has 0 aliphatic rings. The van der Waals surface area contributed by atoms with Crippen molar-refractivity contribution < 1.29 is 9.47 Å². The van der Waals surface area contributed by atoms with Gasteiger partial charge in [-0.2, -0.15) is 0 Å². The first-order valence-electron chi connectivity index (χ1n) is 11.3. The molecule has 4 nitrogen and oxygen atoms in total. The average molecular weight is 429 g/mol. The van der Waals surface area contributed by atoms with Crippen LogP contribution in [0.15, 0.2) is 72.8 Å². The molecule has 4 heteroatoms. The van der Waals surface area contributed by atoms with Gasteiger partial charge >= 0.3 is 0 Å². The Bertz CT molecular complexity index is 1150. The van der Waals surface area contributed by atoms with Gasteiger partial charge in [0.05, 0.1) is 17.6 Å². The topological polar surface area (TPSA) is 36.3 Å². The Morgan fingerprint density at radius 2 is 1.47 bits per heavy atom. The molecule has 0 atom stereocenters. The van der Waals surface area contributed by atoms with E-state index in [9.17, 15) is 0 Å². The van der Waals surface area contributed by atoms with Gasteiger partial charge in [-0.25, -0.2) is 4.98 Å². The first-order chi connectivity index (χ1) is 15.4. The number of fused-ring (bicyclic) bond motifs is 1. The molecule has 0 saturated carbocycles. The average Bonchev–Trinajstić information content (AvgIpc) is 3.14. The third-order valence-electron chi connectivity index (χ3n) is 5.56. The third kappa shape index (κ3) is 5.13. The summed E-state index contributed by atoms with van der Waals surface area (Å²) in [6.45, 7) is 10.7. The maximum absolute atomic E-state index is 6.13. The molecule has 1 heterocycles. The molecular formula is C28H32N2O2. The quantitative estimate of drug-likeness (QED) is 0.311. The SMILES string of the molecule is CCCOc1ccc(Cn2c(COc3ccc(C(C)(C)C)cc3)nc3ccccc32)cc1. The standard InChI is InChI=1S/C28H32N2O2/c1-5-18-31-23-14-10-21(11-15-23)19-30-26-9-7-6-8-25(26)29-27(30)20-32-24-16-12-22(13-17-24)28(2,3)4/h6-17H,5,18-20H2,1-4H3. The third-order valence-corrected chi connectivity index (χ3v) is 5.56. The molecule has 0 unspecified atom stereocenters. The summed E-state index contributed by atoms with van der Waals surface area (Å²) in [6, 6.07) is 24.9. The largest absolute Gasteiger partial charge is 0.494 e. The molecule has 0 N–H and O–H groups in total. The zero-order valence-corrected chi connectivity index (χ0v) is 19.5. The van der Waals surface area contributed by atoms with Crippen LogP contribution >= 0.6 is 0 Å². The Hall–Kier alpha value is -3.27. The highest BCUT2D eigenvalue weighted by Gasteiger charge is 2.14. The van der Waals surface area contributed by atoms with Gasteiger partial charge in [0.25, 0.3) is 0 Å². The predicted molar refractivity (Wildman–Crippen MR) is 131 cm³/mol. The molecule has 0 saturated heterocycles. The van der Waals surface area contributed by atoms with Gasteiger partial charge in [-0.3, -0.25) is 0 Å². The Kier molecular flexibility index (Phi) is 6.50. The van der Waals surface area contributed by atoms with Gasteiger partial charge in [0.1, 0.15) is 23.9 Å². The lowest BCUT2D eigenvalue weighted by Gasteiger charge is -2.19. The Labute approximate surface area is 190 Å². The number of benzene rings is 3. The molecule has 0 amide bonds. The van der Waals surface area contributed by atoms with E-state index in [1.807, 2.05) is 30.3 Å². The molecule has 1 aromatic heterocycles. The minimum absolute atomic E-state index is 0.129. The molecule has 0 spiro atoms. The molecule has 32 heavy (non-hydrogen) atoms. The summed E-state index contributed by atoms with van der Waals surface area (Å²) in [4.78, 5) is 4.85. The lowest BCUT2D eigenvalue weighted by molar-refractivity contribution is 0.291. The van der Waals surface area contributed by atoms with E-state index < -0.39 is 0 Å². The molecule has 4 aromatic rings. The molecule has 3 aromatic carbocycles. The van der Waals surface area contributed by atoms with Gasteiger partial charge in [-0.1, -0.05) is 64.1 Å². The summed E-state index contributed by atoms with van der Waals surface area (Å²) < 4.78 is 14.1. The second kappa shape index (κ2) is 9.47. The van der Waals surface area contributed by atoms with Gasteiger partial charge in [0, 0.05) is 6.54 Å². The van der Waals surface area contributed by atoms with E-state index in [1.54, 1.807) is 0 Å². The number of hydrogen-bond donors (Lipinski definition) is 0. The molecule has 0 bridgehead atoms. The zero-order valence-electron chi connectivity index (χ0n) is 19.5. The fourth-order valence-electron chi connectivity index (χ4n) is 3.70. The highest BCUT2D eigenvalue weighted by Crippen LogP contribution is 2.25. The Balaban J connectivity index is 1.54. The van der Waals surface area contributed by atoms with Crippen LogP contribution in [0.5, 0.6) is 11.5 Å². The zero-order chi connectivity index (χ0) is 22.6. The molecule has 0 radical (unpaired) electrons. The number of nitrogens with zero attached hydrogens (tertiary/aromatic N) is 2. The van der Waals surface area contributed by atoms with Crippen LogP contribution < -0.4 is 9.47 Å². The van der Waals surface area contributed by atoms with Crippen LogP contribution in [-0.4, -0.2) is 16.2 Å². The highest BCUT2D eigenvalue weighted by atomic mass is 16.5. The maximum atomic E-state index is 6.13. The molecule has 166 valence electrons. The van der Waals surface area contributed by atoms with E-state index in [4.69, 9.17) is 14.5 Å². The minimum atomic E-state index is 0.129. The van der Waals surface area contributed by atoms with Crippen molar-refractivity contribution >= 4 is 11.0 Å². The summed E-state index contributed by atoms with van der Waals surface area (Å²) in [7, 11) is 0. The van der Waals surface area contributed by atoms with E-state index in [0.717, 1.165) is 47.9 Å². The van der Waals surface area contributed by atoms with Crippen molar-refractivity contribution in [2.24, 2.45) is 0 Å². The van der Waals surface area contributed by atoms with Crippen molar-refractivity contribution in [3.63, 3.8) is 0 Å². The van der Waals surface area contributed by atoms with E-state index in [2.05, 4.69) is 74.7 Å². The normalized spacial score (nSPS) is 11.6. The monoisotopic (exact) mass is 428 g/mol. The highest BCUT2D eigenvalue weighted by molar-refractivity contribution is 5.76. The van der Waals surface area contributed by atoms with Crippen molar-refractivity contribution in [1.29, 1.82) is 0 Å². The van der Waals surface area contributed by atoms with Crippen LogP contribution in [0.4, 0.5) is 0 Å². The van der Waals surface area contributed by atoms with E-state index in [1.165, 1.54) is 11.1 Å². The molecule has 0 aliphatic carbocycles. The first-order valence-corrected chi connectivity index (χ1v) is 11.3. The second-order valence-electron chi connectivity index (χ2n) is 9.16. The Morgan fingerprint density at radius 1 is 0.812 bits per heavy atom. The van der Waals surface area contributed by atoms with Gasteiger partial charge in [-0.15, -0.1) is 0 Å². The fraction of sp³-hybridized carbons (Fsp3) is 0.321. The summed E-state index contributed by atoms with van der Waals surface area (Å²) >= 11 is 0. The fourth-order valence-corrected chi connectivity index (χ4v) is 3.70. The van der Waals surface area contributed by atoms with Gasteiger partial charge in [0.2, 0.25) is 0 Å². The first kappa shape index (κ1) is 21.9. The van der Waals surface area contributed by atoms with E-state index in [-0.39, 0.29) is 5.41 Å². The maximum Gasteiger partial charge on any atom is 0.148 e. The van der Waals surface area contributed by atoms with Crippen LogP contribution in [0.1, 0.15) is 51.1 Å². The van der Waals surface area contributed by atoms with Crippen LogP contribution in [0, 0.1) is 0 Å². The van der Waals surface area contributed by atoms with Crippen molar-refractivity contribution in [2.75, 3.05) is 6.61 Å². The van der Waals surface area contributed by atoms with Crippen LogP contribution in [-0.2, 0) is 18.6 Å². The van der Waals surface area contributed by atoms with E-state index in [0.29, 0.717) is 6.61 Å². The Morgan fingerprint density at radius 3 is 2.16 bits per heavy atom. The van der Waals surface area contributed by atoms with Gasteiger partial charge < -0.3 is 14.0 Å². The molecular weight excluding hydrogens is 396 g/mol. The van der Waals surface area contributed by atoms with Crippen LogP contribution in [0.2, 0.25) is 0 Å². The number of ether oxygens (including phenoxy) is 2. The predicted octanol–water partition coefficient (Wildman–Crippen LogP) is 6.75. The van der Waals surface area contributed by atoms with Crippen LogP contribution in [0.3, 0.4) is 0 Å². The summed E-state index contributed by atoms with van der Waals surface area (Å²) in [5.41, 5.74) is 4.72. The summed E-state index contributed by atoms with van der Waals surface area (Å²) in [5.74, 6) is 2.68. The molecule has 0 fully saturated rings. The summed E-state index contributed by atoms with van der Waals surface area (Å²) in [6.07, 6.45) is 1.01.